The number of unbranched alkanes of at least 4 members (excludes halogenated alkanes) is 17. The lowest BCUT2D eigenvalue weighted by Gasteiger charge is -2.06. The Bertz CT molecular complexity index is 686. The maximum absolute atomic E-state index is 11.7. The maximum Gasteiger partial charge on any atom is 0.508 e. The zero-order chi connectivity index (χ0) is 30.4. The van der Waals surface area contributed by atoms with Crippen molar-refractivity contribution in [3.8, 4) is 0 Å². The van der Waals surface area contributed by atoms with Gasteiger partial charge in [0.25, 0.3) is 0 Å². The number of rotatable bonds is 31. The average molecular weight is 585 g/mol. The van der Waals surface area contributed by atoms with Crippen LogP contribution in [-0.2, 0) is 9.47 Å². The van der Waals surface area contributed by atoms with Crippen molar-refractivity contribution < 1.29 is 14.3 Å². The van der Waals surface area contributed by atoms with Crippen LogP contribution in [0.15, 0.2) is 60.8 Å². The highest BCUT2D eigenvalue weighted by molar-refractivity contribution is 5.59. The van der Waals surface area contributed by atoms with Gasteiger partial charge in [-0.3, -0.25) is 0 Å². The summed E-state index contributed by atoms with van der Waals surface area (Å²) < 4.78 is 10.4. The molecule has 0 bridgehead atoms. The second-order valence-corrected chi connectivity index (χ2v) is 11.5. The molecule has 0 unspecified atom stereocenters. The molecule has 3 heteroatoms. The molecular formula is C39H68O3. The molecule has 42 heavy (non-hydrogen) atoms. The molecule has 0 rings (SSSR count). The summed E-state index contributed by atoms with van der Waals surface area (Å²) in [7, 11) is 0. The second-order valence-electron chi connectivity index (χ2n) is 11.5. The van der Waals surface area contributed by atoms with Crippen LogP contribution in [0.3, 0.4) is 0 Å². The smallest absolute Gasteiger partial charge is 0.434 e. The van der Waals surface area contributed by atoms with E-state index in [1.165, 1.54) is 103 Å². The van der Waals surface area contributed by atoms with E-state index in [4.69, 9.17) is 9.47 Å². The van der Waals surface area contributed by atoms with Gasteiger partial charge in [-0.1, -0.05) is 145 Å². The fourth-order valence-electron chi connectivity index (χ4n) is 4.63. The molecule has 0 fully saturated rings. The first kappa shape index (κ1) is 40.0. The molecule has 0 aromatic heterocycles. The van der Waals surface area contributed by atoms with Gasteiger partial charge in [-0.25, -0.2) is 4.79 Å². The minimum absolute atomic E-state index is 0.445. The summed E-state index contributed by atoms with van der Waals surface area (Å²) in [6, 6.07) is 0. The van der Waals surface area contributed by atoms with Crippen LogP contribution in [0, 0.1) is 0 Å². The van der Waals surface area contributed by atoms with Crippen molar-refractivity contribution in [3.05, 3.63) is 60.8 Å². The molecule has 0 atom stereocenters. The molecule has 0 amide bonds. The van der Waals surface area contributed by atoms with E-state index in [0.717, 1.165) is 51.4 Å². The van der Waals surface area contributed by atoms with Gasteiger partial charge in [0.1, 0.15) is 0 Å². The van der Waals surface area contributed by atoms with Gasteiger partial charge < -0.3 is 9.47 Å². The van der Waals surface area contributed by atoms with E-state index in [1.54, 1.807) is 0 Å². The first-order chi connectivity index (χ1) is 20.8. The van der Waals surface area contributed by atoms with Gasteiger partial charge >= 0.3 is 6.16 Å². The Hall–Kier alpha value is -2.03. The topological polar surface area (TPSA) is 35.5 Å². The van der Waals surface area contributed by atoms with Crippen molar-refractivity contribution in [1.29, 1.82) is 0 Å². The van der Waals surface area contributed by atoms with Crippen LogP contribution < -0.4 is 0 Å². The third-order valence-corrected chi connectivity index (χ3v) is 7.32. The van der Waals surface area contributed by atoms with Crippen molar-refractivity contribution in [2.45, 2.75) is 168 Å². The maximum atomic E-state index is 11.7. The van der Waals surface area contributed by atoms with Crippen molar-refractivity contribution in [1.82, 2.24) is 0 Å². The number of carbonyl (C=O) groups excluding carboxylic acids is 1. The molecule has 242 valence electrons. The summed E-state index contributed by atoms with van der Waals surface area (Å²) >= 11 is 0. The van der Waals surface area contributed by atoms with E-state index in [9.17, 15) is 4.79 Å². The normalized spacial score (nSPS) is 12.2. The van der Waals surface area contributed by atoms with Gasteiger partial charge in [-0.05, 0) is 83.5 Å². The number of hydrogen-bond donors (Lipinski definition) is 0. The van der Waals surface area contributed by atoms with E-state index in [1.807, 2.05) is 0 Å². The number of ether oxygens (including phenoxy) is 2. The molecule has 0 aliphatic heterocycles. The summed E-state index contributed by atoms with van der Waals surface area (Å²) in [4.78, 5) is 11.7. The molecule has 0 aliphatic carbocycles. The molecule has 3 nitrogen and oxygen atoms in total. The lowest BCUT2D eigenvalue weighted by atomic mass is 10.1. The first-order valence-corrected chi connectivity index (χ1v) is 17.9. The van der Waals surface area contributed by atoms with Crippen LogP contribution in [0.5, 0.6) is 0 Å². The van der Waals surface area contributed by atoms with Crippen molar-refractivity contribution in [3.63, 3.8) is 0 Å². The van der Waals surface area contributed by atoms with Gasteiger partial charge in [0.2, 0.25) is 0 Å². The highest BCUT2D eigenvalue weighted by Gasteiger charge is 2.02. The Kier molecular flexibility index (Phi) is 35.2. The highest BCUT2D eigenvalue weighted by Crippen LogP contribution is 2.10. The van der Waals surface area contributed by atoms with Gasteiger partial charge in [0.05, 0.1) is 13.2 Å². The number of carbonyl (C=O) groups is 1. The predicted octanol–water partition coefficient (Wildman–Crippen LogP) is 13.3. The lowest BCUT2D eigenvalue weighted by Crippen LogP contribution is -2.09. The fraction of sp³-hybridized carbons (Fsp3) is 0.718. The lowest BCUT2D eigenvalue weighted by molar-refractivity contribution is 0.0530. The molecule has 0 saturated heterocycles. The van der Waals surface area contributed by atoms with Crippen molar-refractivity contribution in [2.75, 3.05) is 13.2 Å². The Balaban J connectivity index is 3.35. The van der Waals surface area contributed by atoms with E-state index in [-0.39, 0.29) is 0 Å². The Morgan fingerprint density at radius 3 is 1.14 bits per heavy atom. The van der Waals surface area contributed by atoms with E-state index in [0.29, 0.717) is 13.2 Å². The summed E-state index contributed by atoms with van der Waals surface area (Å²) in [6.45, 7) is 5.44. The van der Waals surface area contributed by atoms with Crippen LogP contribution in [0.2, 0.25) is 0 Å². The van der Waals surface area contributed by atoms with E-state index in [2.05, 4.69) is 74.6 Å². The Labute approximate surface area is 262 Å². The van der Waals surface area contributed by atoms with Crippen LogP contribution in [0.1, 0.15) is 168 Å². The third kappa shape index (κ3) is 36.0. The zero-order valence-electron chi connectivity index (χ0n) is 27.9. The first-order valence-electron chi connectivity index (χ1n) is 17.9. The molecule has 0 N–H and O–H groups in total. The number of allylic oxidation sites excluding steroid dienone is 10. The number of hydrogen-bond acceptors (Lipinski definition) is 3. The minimum atomic E-state index is -0.513. The second kappa shape index (κ2) is 37.0. The van der Waals surface area contributed by atoms with E-state index < -0.39 is 6.16 Å². The third-order valence-electron chi connectivity index (χ3n) is 7.32. The fourth-order valence-corrected chi connectivity index (χ4v) is 4.63. The van der Waals surface area contributed by atoms with Crippen molar-refractivity contribution in [2.24, 2.45) is 0 Å². The van der Waals surface area contributed by atoms with Gasteiger partial charge in [-0.2, -0.15) is 0 Å². The van der Waals surface area contributed by atoms with E-state index >= 15 is 0 Å². The van der Waals surface area contributed by atoms with Crippen LogP contribution in [0.25, 0.3) is 0 Å². The SMILES string of the molecule is CCCCCC=CCC=CCC=CCC=CCCCCOC(=O)OCCCCCCCCC=CCCCCCCCC. The van der Waals surface area contributed by atoms with Crippen LogP contribution in [-0.4, -0.2) is 19.4 Å². The molecule has 0 radical (unpaired) electrons. The molecule has 0 heterocycles. The molecule has 0 saturated carbocycles. The quantitative estimate of drug-likeness (QED) is 0.0462. The minimum Gasteiger partial charge on any atom is -0.434 e. The standard InChI is InChI=1S/C39H68O3/c1-3-5-7-9-11-13-15-17-19-21-22-24-26-28-30-32-34-36-38-42-39(40)41-37-35-33-31-29-27-25-23-20-18-16-14-12-10-8-6-4-2/h11,13,17-20,22,24,28,30H,3-10,12,14-16,21,23,25-27,29,31-38H2,1-2H3. The average Bonchev–Trinajstić information content (AvgIpc) is 3.00. The predicted molar refractivity (Wildman–Crippen MR) is 185 cm³/mol. The Morgan fingerprint density at radius 2 is 0.667 bits per heavy atom. The molecular weight excluding hydrogens is 516 g/mol. The summed E-state index contributed by atoms with van der Waals surface area (Å²) in [6.07, 6.45) is 51.1. The van der Waals surface area contributed by atoms with Crippen LogP contribution >= 0.6 is 0 Å². The molecule has 0 aromatic rings. The summed E-state index contributed by atoms with van der Waals surface area (Å²) in [5.41, 5.74) is 0. The van der Waals surface area contributed by atoms with Gasteiger partial charge in [0, 0.05) is 0 Å². The molecule has 0 spiro atoms. The van der Waals surface area contributed by atoms with Gasteiger partial charge in [0.15, 0.2) is 0 Å². The zero-order valence-corrected chi connectivity index (χ0v) is 27.9. The molecule has 0 aliphatic rings. The summed E-state index contributed by atoms with van der Waals surface area (Å²) in [5.74, 6) is 0. The summed E-state index contributed by atoms with van der Waals surface area (Å²) in [5, 5.41) is 0. The monoisotopic (exact) mass is 585 g/mol. The Morgan fingerprint density at radius 1 is 0.381 bits per heavy atom. The highest BCUT2D eigenvalue weighted by atomic mass is 16.7. The largest absolute Gasteiger partial charge is 0.508 e. The van der Waals surface area contributed by atoms with Crippen LogP contribution in [0.4, 0.5) is 4.79 Å². The van der Waals surface area contributed by atoms with Gasteiger partial charge in [-0.15, -0.1) is 0 Å². The molecule has 0 aromatic carbocycles. The van der Waals surface area contributed by atoms with Crippen molar-refractivity contribution >= 4 is 6.16 Å².